The van der Waals surface area contributed by atoms with Crippen LogP contribution in [0.15, 0.2) is 49.7 Å². The first-order valence-electron chi connectivity index (χ1n) is 8.43. The summed E-state index contributed by atoms with van der Waals surface area (Å²) in [7, 11) is 0. The second-order valence-corrected chi connectivity index (χ2v) is 5.80. The summed E-state index contributed by atoms with van der Waals surface area (Å²) in [4.78, 5) is 17.4. The lowest BCUT2D eigenvalue weighted by molar-refractivity contribution is -0.134. The van der Waals surface area contributed by atoms with Crippen LogP contribution in [0.1, 0.15) is 25.3 Å². The average molecular weight is 326 g/mol. The van der Waals surface area contributed by atoms with Crippen LogP contribution in [0.2, 0.25) is 0 Å². The van der Waals surface area contributed by atoms with Crippen LogP contribution in [0.4, 0.5) is 0 Å². The number of nitrogens with one attached hydrogen (secondary N) is 1. The Labute approximate surface area is 143 Å². The predicted molar refractivity (Wildman–Crippen MR) is 99.4 cm³/mol. The van der Waals surface area contributed by atoms with Gasteiger partial charge in [0.25, 0.3) is 0 Å². The third-order valence-electron chi connectivity index (χ3n) is 3.90. The predicted octanol–water partition coefficient (Wildman–Crippen LogP) is 4.09. The molecule has 0 bridgehead atoms. The molecule has 2 rings (SSSR count). The monoisotopic (exact) mass is 326 g/mol. The highest BCUT2D eigenvalue weighted by Crippen LogP contribution is 2.29. The highest BCUT2D eigenvalue weighted by Gasteiger charge is 2.13. The van der Waals surface area contributed by atoms with Crippen molar-refractivity contribution in [1.29, 1.82) is 0 Å². The van der Waals surface area contributed by atoms with Crippen LogP contribution in [0.25, 0.3) is 10.9 Å². The molecule has 0 aliphatic heterocycles. The van der Waals surface area contributed by atoms with Gasteiger partial charge in [0, 0.05) is 43.2 Å². The molecule has 0 saturated heterocycles. The first kappa shape index (κ1) is 18.0. The maximum absolute atomic E-state index is 11.9. The zero-order valence-electron chi connectivity index (χ0n) is 14.4. The quantitative estimate of drug-likeness (QED) is 0.406. The number of benzene rings is 1. The summed E-state index contributed by atoms with van der Waals surface area (Å²) in [5.74, 6) is 0.457. The second-order valence-electron chi connectivity index (χ2n) is 5.80. The minimum absolute atomic E-state index is 0.183. The van der Waals surface area contributed by atoms with E-state index in [-0.39, 0.29) is 5.97 Å². The second kappa shape index (κ2) is 9.08. The number of hydrogen-bond acceptors (Lipinski definition) is 3. The van der Waals surface area contributed by atoms with Gasteiger partial charge in [-0.25, -0.2) is 0 Å². The van der Waals surface area contributed by atoms with E-state index in [2.05, 4.69) is 23.0 Å². The molecule has 24 heavy (non-hydrogen) atoms. The van der Waals surface area contributed by atoms with Gasteiger partial charge in [-0.2, -0.15) is 0 Å². The molecule has 0 aliphatic carbocycles. The third kappa shape index (κ3) is 4.59. The number of hydrogen-bond donors (Lipinski definition) is 1. The average Bonchev–Trinajstić information content (AvgIpc) is 2.97. The minimum atomic E-state index is -0.183. The third-order valence-corrected chi connectivity index (χ3v) is 3.90. The van der Waals surface area contributed by atoms with Gasteiger partial charge in [0.15, 0.2) is 0 Å². The van der Waals surface area contributed by atoms with Crippen molar-refractivity contribution in [2.24, 2.45) is 0 Å². The normalized spacial score (nSPS) is 10.9. The Morgan fingerprint density at radius 2 is 2.04 bits per heavy atom. The lowest BCUT2D eigenvalue weighted by Crippen LogP contribution is -2.26. The Morgan fingerprint density at radius 1 is 1.29 bits per heavy atom. The van der Waals surface area contributed by atoms with E-state index in [1.165, 1.54) is 0 Å². The fraction of sp³-hybridized carbons (Fsp3) is 0.350. The summed E-state index contributed by atoms with van der Waals surface area (Å²) in [5.41, 5.74) is 2.15. The molecule has 0 radical (unpaired) electrons. The standard InChI is InChI=1S/C20H26N2O2/c1-4-8-19(23)24-18-10-7-9-17-20(18)16(15-21-17)11-14-22(12-5-2)13-6-3/h5-7,9-10,15,21H,2-4,8,11-14H2,1H3. The fourth-order valence-corrected chi connectivity index (χ4v) is 2.78. The molecule has 1 aromatic carbocycles. The van der Waals surface area contributed by atoms with Gasteiger partial charge in [-0.05, 0) is 30.5 Å². The van der Waals surface area contributed by atoms with Crippen LogP contribution in [0, 0.1) is 0 Å². The molecule has 0 fully saturated rings. The molecule has 128 valence electrons. The Kier molecular flexibility index (Phi) is 6.82. The Morgan fingerprint density at radius 3 is 2.71 bits per heavy atom. The Balaban J connectivity index is 2.19. The highest BCUT2D eigenvalue weighted by molar-refractivity contribution is 5.91. The highest BCUT2D eigenvalue weighted by atomic mass is 16.5. The number of aromatic amines is 1. The largest absolute Gasteiger partial charge is 0.426 e. The van der Waals surface area contributed by atoms with E-state index >= 15 is 0 Å². The molecular formula is C20H26N2O2. The van der Waals surface area contributed by atoms with Gasteiger partial charge in [0.1, 0.15) is 5.75 Å². The van der Waals surface area contributed by atoms with Crippen molar-refractivity contribution in [2.45, 2.75) is 26.2 Å². The summed E-state index contributed by atoms with van der Waals surface area (Å²) in [6, 6.07) is 5.76. The van der Waals surface area contributed by atoms with Gasteiger partial charge in [0.2, 0.25) is 0 Å². The van der Waals surface area contributed by atoms with E-state index in [1.54, 1.807) is 0 Å². The summed E-state index contributed by atoms with van der Waals surface area (Å²) in [5, 5.41) is 0.999. The van der Waals surface area contributed by atoms with Gasteiger partial charge >= 0.3 is 5.97 Å². The zero-order valence-corrected chi connectivity index (χ0v) is 14.4. The molecule has 1 heterocycles. The molecule has 4 heteroatoms. The molecule has 1 aromatic heterocycles. The molecule has 0 amide bonds. The zero-order chi connectivity index (χ0) is 17.4. The lowest BCUT2D eigenvalue weighted by atomic mass is 10.1. The fourth-order valence-electron chi connectivity index (χ4n) is 2.78. The number of H-pyrrole nitrogens is 1. The molecule has 1 N–H and O–H groups in total. The maximum atomic E-state index is 11.9. The number of carbonyl (C=O) groups is 1. The van der Waals surface area contributed by atoms with Crippen molar-refractivity contribution in [3.05, 3.63) is 55.3 Å². The van der Waals surface area contributed by atoms with Gasteiger partial charge in [0.05, 0.1) is 0 Å². The van der Waals surface area contributed by atoms with E-state index in [0.29, 0.717) is 12.2 Å². The number of esters is 1. The van der Waals surface area contributed by atoms with E-state index in [0.717, 1.165) is 48.9 Å². The molecule has 0 aliphatic rings. The molecule has 0 saturated carbocycles. The van der Waals surface area contributed by atoms with Crippen molar-refractivity contribution in [1.82, 2.24) is 9.88 Å². The maximum Gasteiger partial charge on any atom is 0.311 e. The molecule has 2 aromatic rings. The van der Waals surface area contributed by atoms with Crippen molar-refractivity contribution in [2.75, 3.05) is 19.6 Å². The van der Waals surface area contributed by atoms with Gasteiger partial charge in [-0.15, -0.1) is 13.2 Å². The molecule has 0 atom stereocenters. The first-order valence-corrected chi connectivity index (χ1v) is 8.43. The van der Waals surface area contributed by atoms with Crippen LogP contribution < -0.4 is 4.74 Å². The van der Waals surface area contributed by atoms with Gasteiger partial charge in [-0.3, -0.25) is 9.69 Å². The summed E-state index contributed by atoms with van der Waals surface area (Å²) < 4.78 is 5.56. The smallest absolute Gasteiger partial charge is 0.311 e. The minimum Gasteiger partial charge on any atom is -0.426 e. The molecule has 0 spiro atoms. The van der Waals surface area contributed by atoms with E-state index in [1.807, 2.05) is 43.5 Å². The van der Waals surface area contributed by atoms with Crippen LogP contribution in [0.3, 0.4) is 0 Å². The number of aromatic nitrogens is 1. The van der Waals surface area contributed by atoms with Gasteiger partial charge in [-0.1, -0.05) is 25.1 Å². The van der Waals surface area contributed by atoms with Crippen molar-refractivity contribution >= 4 is 16.9 Å². The number of rotatable bonds is 10. The first-order chi connectivity index (χ1) is 11.7. The number of fused-ring (bicyclic) bond motifs is 1. The molecule has 0 unspecified atom stereocenters. The molecular weight excluding hydrogens is 300 g/mol. The van der Waals surface area contributed by atoms with Crippen LogP contribution in [-0.4, -0.2) is 35.5 Å². The SMILES string of the molecule is C=CCN(CC=C)CCc1c[nH]c2cccc(OC(=O)CCC)c12. The lowest BCUT2D eigenvalue weighted by Gasteiger charge is -2.18. The van der Waals surface area contributed by atoms with Crippen LogP contribution in [0.5, 0.6) is 5.75 Å². The number of nitrogens with zero attached hydrogens (tertiary/aromatic N) is 1. The van der Waals surface area contributed by atoms with E-state index in [4.69, 9.17) is 4.74 Å². The Hall–Kier alpha value is -2.33. The van der Waals surface area contributed by atoms with Crippen molar-refractivity contribution in [3.63, 3.8) is 0 Å². The van der Waals surface area contributed by atoms with Gasteiger partial charge < -0.3 is 9.72 Å². The Bertz CT molecular complexity index is 693. The summed E-state index contributed by atoms with van der Waals surface area (Å²) in [6.07, 6.45) is 7.88. The summed E-state index contributed by atoms with van der Waals surface area (Å²) >= 11 is 0. The summed E-state index contributed by atoms with van der Waals surface area (Å²) in [6.45, 7) is 12.1. The van der Waals surface area contributed by atoms with Crippen molar-refractivity contribution < 1.29 is 9.53 Å². The molecule has 4 nitrogen and oxygen atoms in total. The van der Waals surface area contributed by atoms with Crippen molar-refractivity contribution in [3.8, 4) is 5.75 Å². The number of ether oxygens (including phenoxy) is 1. The van der Waals surface area contributed by atoms with E-state index in [9.17, 15) is 4.79 Å². The van der Waals surface area contributed by atoms with E-state index < -0.39 is 0 Å². The van der Waals surface area contributed by atoms with Crippen LogP contribution in [-0.2, 0) is 11.2 Å². The number of carbonyl (C=O) groups excluding carboxylic acids is 1. The topological polar surface area (TPSA) is 45.3 Å². The van der Waals surface area contributed by atoms with Crippen LogP contribution >= 0.6 is 0 Å².